The molecule has 0 unspecified atom stereocenters. The van der Waals surface area contributed by atoms with E-state index in [2.05, 4.69) is 33.1 Å². The number of hydrogen-bond acceptors (Lipinski definition) is 2. The van der Waals surface area contributed by atoms with Crippen LogP contribution in [0.4, 0.5) is 5.69 Å². The molecule has 1 aromatic rings. The predicted molar refractivity (Wildman–Crippen MR) is 69.0 cm³/mol. The lowest BCUT2D eigenvalue weighted by Crippen LogP contribution is -2.25. The first-order valence-electron chi connectivity index (χ1n) is 4.88. The van der Waals surface area contributed by atoms with Gasteiger partial charge in [-0.3, -0.25) is 4.79 Å². The van der Waals surface area contributed by atoms with Gasteiger partial charge in [0.15, 0.2) is 0 Å². The number of rotatable bonds is 3. The SMILES string of the molecule is CC#CCCNC(=O)c1ccc(Br)cc1N. The van der Waals surface area contributed by atoms with E-state index in [4.69, 9.17) is 5.73 Å². The van der Waals surface area contributed by atoms with Gasteiger partial charge in [-0.2, -0.15) is 0 Å². The zero-order valence-electron chi connectivity index (χ0n) is 9.01. The van der Waals surface area contributed by atoms with Crippen LogP contribution < -0.4 is 11.1 Å². The van der Waals surface area contributed by atoms with Crippen molar-refractivity contribution < 1.29 is 4.79 Å². The third kappa shape index (κ3) is 3.59. The normalized spacial score (nSPS) is 9.12. The maximum absolute atomic E-state index is 11.7. The fourth-order valence-corrected chi connectivity index (χ4v) is 1.58. The maximum Gasteiger partial charge on any atom is 0.253 e. The molecule has 1 aromatic carbocycles. The standard InChI is InChI=1S/C12H13BrN2O/c1-2-3-4-7-15-12(16)10-6-5-9(13)8-11(10)14/h5-6,8H,4,7,14H2,1H3,(H,15,16). The third-order valence-electron chi connectivity index (χ3n) is 1.97. The lowest BCUT2D eigenvalue weighted by Gasteiger charge is -2.06. The number of benzene rings is 1. The molecule has 0 aliphatic rings. The van der Waals surface area contributed by atoms with Crippen molar-refractivity contribution >= 4 is 27.5 Å². The van der Waals surface area contributed by atoms with E-state index in [9.17, 15) is 4.79 Å². The van der Waals surface area contributed by atoms with Crippen LogP contribution >= 0.6 is 15.9 Å². The second kappa shape index (κ2) is 6.19. The van der Waals surface area contributed by atoms with E-state index < -0.39 is 0 Å². The summed E-state index contributed by atoms with van der Waals surface area (Å²) in [5.41, 5.74) is 6.69. The molecule has 1 rings (SSSR count). The number of anilines is 1. The second-order valence-corrected chi connectivity index (χ2v) is 4.08. The van der Waals surface area contributed by atoms with Crippen LogP contribution in [0.1, 0.15) is 23.7 Å². The minimum Gasteiger partial charge on any atom is -0.398 e. The topological polar surface area (TPSA) is 55.1 Å². The molecule has 0 saturated heterocycles. The molecule has 0 fully saturated rings. The highest BCUT2D eigenvalue weighted by Gasteiger charge is 2.08. The van der Waals surface area contributed by atoms with Crippen LogP contribution in [0.2, 0.25) is 0 Å². The summed E-state index contributed by atoms with van der Waals surface area (Å²) in [5, 5.41) is 2.76. The summed E-state index contributed by atoms with van der Waals surface area (Å²) in [6.45, 7) is 2.31. The molecule has 3 N–H and O–H groups in total. The van der Waals surface area contributed by atoms with E-state index in [1.807, 2.05) is 0 Å². The molecule has 3 nitrogen and oxygen atoms in total. The van der Waals surface area contributed by atoms with Crippen molar-refractivity contribution in [2.45, 2.75) is 13.3 Å². The van der Waals surface area contributed by atoms with Gasteiger partial charge in [0.1, 0.15) is 0 Å². The van der Waals surface area contributed by atoms with Crippen molar-refractivity contribution in [1.82, 2.24) is 5.32 Å². The summed E-state index contributed by atoms with van der Waals surface area (Å²) in [6.07, 6.45) is 0.651. The molecule has 0 aliphatic heterocycles. The van der Waals surface area contributed by atoms with Gasteiger partial charge in [0, 0.05) is 23.1 Å². The van der Waals surface area contributed by atoms with Gasteiger partial charge in [0.2, 0.25) is 0 Å². The van der Waals surface area contributed by atoms with Crippen molar-refractivity contribution in [3.63, 3.8) is 0 Å². The highest BCUT2D eigenvalue weighted by molar-refractivity contribution is 9.10. The fourth-order valence-electron chi connectivity index (χ4n) is 1.20. The summed E-state index contributed by atoms with van der Waals surface area (Å²) in [7, 11) is 0. The fraction of sp³-hybridized carbons (Fsp3) is 0.250. The van der Waals surface area contributed by atoms with E-state index in [-0.39, 0.29) is 5.91 Å². The Labute approximate surface area is 104 Å². The van der Waals surface area contributed by atoms with Gasteiger partial charge >= 0.3 is 0 Å². The molecular weight excluding hydrogens is 268 g/mol. The average Bonchev–Trinajstić information content (AvgIpc) is 2.24. The Morgan fingerprint density at radius 3 is 2.94 bits per heavy atom. The number of halogens is 1. The molecule has 16 heavy (non-hydrogen) atoms. The molecular formula is C12H13BrN2O. The van der Waals surface area contributed by atoms with Gasteiger partial charge in [-0.25, -0.2) is 0 Å². The molecule has 84 valence electrons. The number of nitrogens with one attached hydrogen (secondary N) is 1. The van der Waals surface area contributed by atoms with Crippen LogP contribution in [0.25, 0.3) is 0 Å². The molecule has 0 heterocycles. The Morgan fingerprint density at radius 2 is 2.31 bits per heavy atom. The van der Waals surface area contributed by atoms with Gasteiger partial charge in [0.05, 0.1) is 5.56 Å². The Morgan fingerprint density at radius 1 is 1.56 bits per heavy atom. The van der Waals surface area contributed by atoms with E-state index in [0.29, 0.717) is 24.2 Å². The van der Waals surface area contributed by atoms with E-state index in [1.165, 1.54) is 0 Å². The highest BCUT2D eigenvalue weighted by atomic mass is 79.9. The zero-order chi connectivity index (χ0) is 12.0. The van der Waals surface area contributed by atoms with Crippen LogP contribution in [0.15, 0.2) is 22.7 Å². The van der Waals surface area contributed by atoms with Crippen LogP contribution in [0.5, 0.6) is 0 Å². The zero-order valence-corrected chi connectivity index (χ0v) is 10.6. The number of carbonyl (C=O) groups is 1. The van der Waals surface area contributed by atoms with Crippen molar-refractivity contribution in [2.75, 3.05) is 12.3 Å². The molecule has 0 aliphatic carbocycles. The van der Waals surface area contributed by atoms with Crippen LogP contribution in [0.3, 0.4) is 0 Å². The summed E-state index contributed by atoms with van der Waals surface area (Å²) >= 11 is 3.29. The largest absolute Gasteiger partial charge is 0.398 e. The summed E-state index contributed by atoms with van der Waals surface area (Å²) in [6, 6.07) is 5.19. The Bertz CT molecular complexity index is 446. The maximum atomic E-state index is 11.7. The third-order valence-corrected chi connectivity index (χ3v) is 2.46. The Hall–Kier alpha value is -1.47. The van der Waals surface area contributed by atoms with Crippen LogP contribution in [0, 0.1) is 11.8 Å². The van der Waals surface area contributed by atoms with Crippen molar-refractivity contribution in [2.24, 2.45) is 0 Å². The number of hydrogen-bond donors (Lipinski definition) is 2. The monoisotopic (exact) mass is 280 g/mol. The summed E-state index contributed by atoms with van der Waals surface area (Å²) < 4.78 is 0.860. The molecule has 0 atom stereocenters. The van der Waals surface area contributed by atoms with Gasteiger partial charge in [-0.15, -0.1) is 11.8 Å². The van der Waals surface area contributed by atoms with Crippen molar-refractivity contribution in [3.8, 4) is 11.8 Å². The number of carbonyl (C=O) groups excluding carboxylic acids is 1. The Kier molecular flexibility index (Phi) is 4.87. The van der Waals surface area contributed by atoms with Gasteiger partial charge in [0.25, 0.3) is 5.91 Å². The predicted octanol–water partition coefficient (Wildman–Crippen LogP) is 2.17. The van der Waals surface area contributed by atoms with Gasteiger partial charge in [-0.05, 0) is 25.1 Å². The molecule has 1 amide bonds. The van der Waals surface area contributed by atoms with E-state index in [0.717, 1.165) is 4.47 Å². The highest BCUT2D eigenvalue weighted by Crippen LogP contribution is 2.18. The first kappa shape index (κ1) is 12.6. The molecule has 0 saturated carbocycles. The summed E-state index contributed by atoms with van der Waals surface area (Å²) in [5.74, 6) is 5.48. The van der Waals surface area contributed by atoms with Gasteiger partial charge in [-0.1, -0.05) is 15.9 Å². The second-order valence-electron chi connectivity index (χ2n) is 3.16. The average molecular weight is 281 g/mol. The quantitative estimate of drug-likeness (QED) is 0.507. The molecule has 4 heteroatoms. The van der Waals surface area contributed by atoms with Crippen LogP contribution in [-0.2, 0) is 0 Å². The number of nitrogen functional groups attached to an aromatic ring is 1. The van der Waals surface area contributed by atoms with E-state index in [1.54, 1.807) is 25.1 Å². The molecule has 0 radical (unpaired) electrons. The van der Waals surface area contributed by atoms with Crippen LogP contribution in [-0.4, -0.2) is 12.5 Å². The first-order chi connectivity index (χ1) is 7.65. The minimum absolute atomic E-state index is 0.164. The lowest BCUT2D eigenvalue weighted by atomic mass is 10.1. The lowest BCUT2D eigenvalue weighted by molar-refractivity contribution is 0.0955. The first-order valence-corrected chi connectivity index (χ1v) is 5.67. The van der Waals surface area contributed by atoms with E-state index >= 15 is 0 Å². The Balaban J connectivity index is 2.61. The number of amides is 1. The molecule has 0 aromatic heterocycles. The molecule has 0 spiro atoms. The minimum atomic E-state index is -0.164. The van der Waals surface area contributed by atoms with Crippen molar-refractivity contribution in [1.29, 1.82) is 0 Å². The molecule has 0 bridgehead atoms. The van der Waals surface area contributed by atoms with Crippen molar-refractivity contribution in [3.05, 3.63) is 28.2 Å². The number of nitrogens with two attached hydrogens (primary N) is 1. The van der Waals surface area contributed by atoms with Gasteiger partial charge < -0.3 is 11.1 Å². The smallest absolute Gasteiger partial charge is 0.253 e. The summed E-state index contributed by atoms with van der Waals surface area (Å²) in [4.78, 5) is 11.7.